The van der Waals surface area contributed by atoms with Gasteiger partial charge in [0.2, 0.25) is 0 Å². The number of ether oxygens (including phenoxy) is 1. The molecule has 1 aliphatic rings. The number of hydrogen-bond acceptors (Lipinski definition) is 3. The Hall–Kier alpha value is -2.42. The van der Waals surface area contributed by atoms with E-state index in [1.807, 2.05) is 43.3 Å². The third kappa shape index (κ3) is 2.67. The molecule has 0 saturated carbocycles. The lowest BCUT2D eigenvalue weighted by Crippen LogP contribution is -2.28. The summed E-state index contributed by atoms with van der Waals surface area (Å²) >= 11 is 0. The standard InChI is InChI=1S/C19H18O3/c1-12-8-9-15-16(19(13(2)20)22-18(15)10-12)11-17(21)14-6-4-3-5-7-14/h3-10,16,19H,11H2,1-2H3/t16-,19+/m0/s1. The zero-order chi connectivity index (χ0) is 15.7. The van der Waals surface area contributed by atoms with Gasteiger partial charge in [-0.2, -0.15) is 0 Å². The number of rotatable bonds is 4. The topological polar surface area (TPSA) is 43.4 Å². The van der Waals surface area contributed by atoms with E-state index in [2.05, 4.69) is 0 Å². The molecule has 3 rings (SSSR count). The molecular weight excluding hydrogens is 276 g/mol. The van der Waals surface area contributed by atoms with E-state index < -0.39 is 6.10 Å². The van der Waals surface area contributed by atoms with Crippen LogP contribution in [0.5, 0.6) is 5.75 Å². The van der Waals surface area contributed by atoms with Gasteiger partial charge in [0.25, 0.3) is 0 Å². The number of benzene rings is 2. The predicted octanol–water partition coefficient (Wildman–Crippen LogP) is 3.70. The fourth-order valence-corrected chi connectivity index (χ4v) is 2.96. The van der Waals surface area contributed by atoms with Crippen molar-refractivity contribution in [1.29, 1.82) is 0 Å². The van der Waals surface area contributed by atoms with E-state index >= 15 is 0 Å². The highest BCUT2D eigenvalue weighted by Gasteiger charge is 2.38. The van der Waals surface area contributed by atoms with Crippen LogP contribution in [0.15, 0.2) is 48.5 Å². The summed E-state index contributed by atoms with van der Waals surface area (Å²) in [6.45, 7) is 3.50. The largest absolute Gasteiger partial charge is 0.482 e. The highest BCUT2D eigenvalue weighted by Crippen LogP contribution is 2.41. The molecule has 1 aliphatic heterocycles. The van der Waals surface area contributed by atoms with Gasteiger partial charge in [-0.15, -0.1) is 0 Å². The Kier molecular flexibility index (Phi) is 3.80. The van der Waals surface area contributed by atoms with Gasteiger partial charge >= 0.3 is 0 Å². The molecule has 0 bridgehead atoms. The number of carbonyl (C=O) groups excluding carboxylic acids is 2. The Bertz CT molecular complexity index is 719. The van der Waals surface area contributed by atoms with Crippen LogP contribution in [0.4, 0.5) is 0 Å². The molecule has 2 aromatic rings. The van der Waals surface area contributed by atoms with E-state index in [1.165, 1.54) is 6.92 Å². The Balaban J connectivity index is 1.90. The molecule has 0 radical (unpaired) electrons. The van der Waals surface area contributed by atoms with Gasteiger partial charge in [0, 0.05) is 23.5 Å². The average Bonchev–Trinajstić information content (AvgIpc) is 2.86. The van der Waals surface area contributed by atoms with Crippen LogP contribution in [-0.2, 0) is 4.79 Å². The second-order valence-electron chi connectivity index (χ2n) is 5.79. The molecule has 0 amide bonds. The van der Waals surface area contributed by atoms with Gasteiger partial charge in [0.1, 0.15) is 5.75 Å². The van der Waals surface area contributed by atoms with Crippen molar-refractivity contribution in [2.75, 3.05) is 0 Å². The summed E-state index contributed by atoms with van der Waals surface area (Å²) in [7, 11) is 0. The molecule has 1 heterocycles. The summed E-state index contributed by atoms with van der Waals surface area (Å²) in [6, 6.07) is 15.1. The van der Waals surface area contributed by atoms with Crippen LogP contribution in [0.1, 0.15) is 40.7 Å². The Morgan fingerprint density at radius 3 is 2.50 bits per heavy atom. The first-order valence-corrected chi connectivity index (χ1v) is 7.42. The van der Waals surface area contributed by atoms with E-state index in [1.54, 1.807) is 12.1 Å². The minimum Gasteiger partial charge on any atom is -0.482 e. The molecule has 2 atom stereocenters. The summed E-state index contributed by atoms with van der Waals surface area (Å²) in [4.78, 5) is 24.4. The molecule has 0 spiro atoms. The van der Waals surface area contributed by atoms with Crippen molar-refractivity contribution in [1.82, 2.24) is 0 Å². The van der Waals surface area contributed by atoms with Crippen LogP contribution in [0.3, 0.4) is 0 Å². The van der Waals surface area contributed by atoms with E-state index in [0.717, 1.165) is 16.9 Å². The molecule has 22 heavy (non-hydrogen) atoms. The van der Waals surface area contributed by atoms with Crippen LogP contribution in [0.2, 0.25) is 0 Å². The molecule has 112 valence electrons. The third-order valence-corrected chi connectivity index (χ3v) is 4.09. The summed E-state index contributed by atoms with van der Waals surface area (Å²) in [5.41, 5.74) is 2.71. The second-order valence-corrected chi connectivity index (χ2v) is 5.79. The Morgan fingerprint density at radius 2 is 1.82 bits per heavy atom. The van der Waals surface area contributed by atoms with Gasteiger partial charge < -0.3 is 4.74 Å². The van der Waals surface area contributed by atoms with Crippen LogP contribution in [0.25, 0.3) is 0 Å². The Labute approximate surface area is 129 Å². The second kappa shape index (κ2) is 5.76. The van der Waals surface area contributed by atoms with Crippen LogP contribution >= 0.6 is 0 Å². The van der Waals surface area contributed by atoms with Gasteiger partial charge in [-0.25, -0.2) is 0 Å². The summed E-state index contributed by atoms with van der Waals surface area (Å²) in [6.07, 6.45) is -0.283. The highest BCUT2D eigenvalue weighted by molar-refractivity contribution is 5.97. The molecule has 0 N–H and O–H groups in total. The highest BCUT2D eigenvalue weighted by atomic mass is 16.5. The molecule has 0 aliphatic carbocycles. The minimum atomic E-state index is -0.565. The van der Waals surface area contributed by atoms with E-state index in [-0.39, 0.29) is 23.9 Å². The summed E-state index contributed by atoms with van der Waals surface area (Å²) in [5, 5.41) is 0. The number of aryl methyl sites for hydroxylation is 1. The molecular formula is C19H18O3. The first-order chi connectivity index (χ1) is 10.6. The normalized spacial score (nSPS) is 19.4. The van der Waals surface area contributed by atoms with Crippen molar-refractivity contribution in [2.24, 2.45) is 0 Å². The maximum absolute atomic E-state index is 12.5. The van der Waals surface area contributed by atoms with Gasteiger partial charge in [0.15, 0.2) is 17.7 Å². The lowest BCUT2D eigenvalue weighted by Gasteiger charge is -2.15. The molecule has 0 fully saturated rings. The molecule has 0 aromatic heterocycles. The number of ketones is 2. The molecule has 3 nitrogen and oxygen atoms in total. The van der Waals surface area contributed by atoms with Gasteiger partial charge in [-0.1, -0.05) is 42.5 Å². The molecule has 0 unspecified atom stereocenters. The van der Waals surface area contributed by atoms with Gasteiger partial charge in [-0.05, 0) is 25.5 Å². The van der Waals surface area contributed by atoms with Crippen LogP contribution < -0.4 is 4.74 Å². The number of Topliss-reactive ketones (excluding diaryl/α,β-unsaturated/α-hetero) is 2. The lowest BCUT2D eigenvalue weighted by molar-refractivity contribution is -0.123. The SMILES string of the molecule is CC(=O)[C@H]1Oc2cc(C)ccc2[C@@H]1CC(=O)c1ccccc1. The summed E-state index contributed by atoms with van der Waals surface area (Å²) in [5.74, 6) is 0.514. The third-order valence-electron chi connectivity index (χ3n) is 4.09. The van der Waals surface area contributed by atoms with Crippen molar-refractivity contribution < 1.29 is 14.3 Å². The fraction of sp³-hybridized carbons (Fsp3) is 0.263. The zero-order valence-corrected chi connectivity index (χ0v) is 12.7. The molecule has 0 saturated heterocycles. The van der Waals surface area contributed by atoms with Crippen LogP contribution in [-0.4, -0.2) is 17.7 Å². The van der Waals surface area contributed by atoms with Crippen molar-refractivity contribution in [3.05, 3.63) is 65.2 Å². The first-order valence-electron chi connectivity index (χ1n) is 7.42. The monoisotopic (exact) mass is 294 g/mol. The van der Waals surface area contributed by atoms with Crippen molar-refractivity contribution in [3.8, 4) is 5.75 Å². The summed E-state index contributed by atoms with van der Waals surface area (Å²) < 4.78 is 5.80. The number of hydrogen-bond donors (Lipinski definition) is 0. The minimum absolute atomic E-state index is 0.0360. The van der Waals surface area contributed by atoms with Crippen molar-refractivity contribution in [3.63, 3.8) is 0 Å². The average molecular weight is 294 g/mol. The van der Waals surface area contributed by atoms with E-state index in [9.17, 15) is 9.59 Å². The first kappa shape index (κ1) is 14.5. The Morgan fingerprint density at radius 1 is 1.09 bits per heavy atom. The lowest BCUT2D eigenvalue weighted by atomic mass is 9.87. The predicted molar refractivity (Wildman–Crippen MR) is 84.4 cm³/mol. The maximum Gasteiger partial charge on any atom is 0.170 e. The van der Waals surface area contributed by atoms with Gasteiger partial charge in [-0.3, -0.25) is 9.59 Å². The molecule has 2 aromatic carbocycles. The zero-order valence-electron chi connectivity index (χ0n) is 12.7. The smallest absolute Gasteiger partial charge is 0.170 e. The quantitative estimate of drug-likeness (QED) is 0.807. The number of fused-ring (bicyclic) bond motifs is 1. The van der Waals surface area contributed by atoms with E-state index in [0.29, 0.717) is 5.56 Å². The van der Waals surface area contributed by atoms with E-state index in [4.69, 9.17) is 4.74 Å². The number of carbonyl (C=O) groups is 2. The van der Waals surface area contributed by atoms with Gasteiger partial charge in [0.05, 0.1) is 0 Å². The van der Waals surface area contributed by atoms with Crippen molar-refractivity contribution >= 4 is 11.6 Å². The maximum atomic E-state index is 12.5. The fourth-order valence-electron chi connectivity index (χ4n) is 2.96. The van der Waals surface area contributed by atoms with Crippen molar-refractivity contribution in [2.45, 2.75) is 32.3 Å². The molecule has 3 heteroatoms. The van der Waals surface area contributed by atoms with Crippen LogP contribution in [0, 0.1) is 6.92 Å².